The number of fused-ring (bicyclic) bond motifs is 5. The maximum atomic E-state index is 12.7. The summed E-state index contributed by atoms with van der Waals surface area (Å²) in [5.41, 5.74) is 23.4. The Bertz CT molecular complexity index is 1550. The first-order chi connectivity index (χ1) is 32.1. The topological polar surface area (TPSA) is 271 Å². The van der Waals surface area contributed by atoms with E-state index in [0.29, 0.717) is 83.6 Å². The summed E-state index contributed by atoms with van der Waals surface area (Å²) >= 11 is 0. The van der Waals surface area contributed by atoms with Gasteiger partial charge in [-0.05, 0) is 117 Å². The Morgan fingerprint density at radius 1 is 0.701 bits per heavy atom. The fourth-order valence-electron chi connectivity index (χ4n) is 11.8. The highest BCUT2D eigenvalue weighted by atomic mass is 16.7. The number of hydrogen-bond acceptors (Lipinski definition) is 12. The van der Waals surface area contributed by atoms with Crippen molar-refractivity contribution in [3.05, 3.63) is 11.6 Å². The highest BCUT2D eigenvalue weighted by molar-refractivity contribution is 5.76. The molecule has 0 aromatic heterocycles. The van der Waals surface area contributed by atoms with Gasteiger partial charge in [-0.25, -0.2) is 14.4 Å². The molecule has 0 heterocycles. The molecule has 3 fully saturated rings. The molecule has 11 N–H and O–H groups in total. The van der Waals surface area contributed by atoms with Gasteiger partial charge < -0.3 is 67.3 Å². The number of carbonyl (C=O) groups excluding carboxylic acids is 3. The summed E-state index contributed by atoms with van der Waals surface area (Å²) in [6.45, 7) is 16.2. The van der Waals surface area contributed by atoms with Crippen molar-refractivity contribution < 1.29 is 42.8 Å². The van der Waals surface area contributed by atoms with Gasteiger partial charge in [0.25, 0.3) is 0 Å². The summed E-state index contributed by atoms with van der Waals surface area (Å²) in [6.07, 6.45) is 16.2. The number of hydrogen-bond donors (Lipinski definition) is 7. The zero-order chi connectivity index (χ0) is 48.7. The van der Waals surface area contributed by atoms with E-state index in [1.165, 1.54) is 56.9 Å². The molecule has 8 unspecified atom stereocenters. The number of aliphatic imine (C=N–C) groups is 2. The number of carbonyl (C=O) groups is 3. The number of alkyl carbamates (subject to hydrolysis) is 2. The molecule has 0 aliphatic heterocycles. The summed E-state index contributed by atoms with van der Waals surface area (Å²) in [6, 6.07) is -0.127. The van der Waals surface area contributed by atoms with Crippen LogP contribution in [0.3, 0.4) is 0 Å². The van der Waals surface area contributed by atoms with Gasteiger partial charge in [-0.2, -0.15) is 0 Å². The van der Waals surface area contributed by atoms with E-state index in [9.17, 15) is 14.4 Å². The quantitative estimate of drug-likeness (QED) is 0.0107. The highest BCUT2D eigenvalue weighted by Crippen LogP contribution is 2.67. The molecule has 18 heteroatoms. The van der Waals surface area contributed by atoms with Crippen molar-refractivity contribution in [3.63, 3.8) is 0 Å². The van der Waals surface area contributed by atoms with Crippen LogP contribution in [0.25, 0.3) is 0 Å². The summed E-state index contributed by atoms with van der Waals surface area (Å²) in [5.74, 6) is 4.79. The largest absolute Gasteiger partial charge is 0.508 e. The fourth-order valence-corrected chi connectivity index (χ4v) is 11.8. The summed E-state index contributed by atoms with van der Waals surface area (Å²) in [4.78, 5) is 44.7. The van der Waals surface area contributed by atoms with E-state index < -0.39 is 18.3 Å². The normalized spacial score (nSPS) is 25.7. The number of ether oxygens (including phenoxy) is 6. The van der Waals surface area contributed by atoms with Crippen LogP contribution in [0.4, 0.5) is 14.4 Å². The lowest BCUT2D eigenvalue weighted by Gasteiger charge is -2.58. The molecule has 0 bridgehead atoms. The van der Waals surface area contributed by atoms with Crippen LogP contribution in [0.2, 0.25) is 0 Å². The number of guanidine groups is 2. The van der Waals surface area contributed by atoms with Gasteiger partial charge in [-0.3, -0.25) is 9.98 Å². The molecule has 4 aliphatic carbocycles. The Kier molecular flexibility index (Phi) is 24.1. The van der Waals surface area contributed by atoms with Gasteiger partial charge in [0.1, 0.15) is 12.7 Å². The molecular formula is C49H89N9O9. The predicted octanol–water partition coefficient (Wildman–Crippen LogP) is 6.10. The van der Waals surface area contributed by atoms with Gasteiger partial charge in [-0.15, -0.1) is 0 Å². The SMILES string of the molecule is CC(C)CCCC(C)C1CCC2C3CC=C4CC(OC(=O)OCCOCCOCCNC(CCOC(=O)NCCCN=C(N)N)CCOC(=O)NCCCN=C(N)N)CCC4(C)C3CCC12C. The standard InChI is InChI=1S/C49H89N9O9/c1-34(2)9-6-10-35(3)40-13-14-41-39-12-11-36-33-38(15-19-48(36,4)42(39)16-20-49(40,41)5)67-47(61)66-32-31-63-30-29-62-28-25-54-37(17-26-64-45(59)57-23-7-21-55-43(50)51)18-27-65-46(60)58-24-8-22-56-44(52)53/h11,34-35,37-42,54H,6-10,12-33H2,1-5H3,(H,57,59)(H,58,60)(H4,50,51,55)(H4,52,53,56). The Morgan fingerprint density at radius 2 is 1.33 bits per heavy atom. The third-order valence-corrected chi connectivity index (χ3v) is 15.2. The van der Waals surface area contributed by atoms with Crippen molar-refractivity contribution in [3.8, 4) is 0 Å². The smallest absolute Gasteiger partial charge is 0.450 e. The molecule has 0 aromatic rings. The molecule has 0 radical (unpaired) electrons. The number of nitrogens with one attached hydrogen (secondary N) is 3. The van der Waals surface area contributed by atoms with Gasteiger partial charge in [0.2, 0.25) is 0 Å². The van der Waals surface area contributed by atoms with Gasteiger partial charge in [0.15, 0.2) is 11.9 Å². The monoisotopic (exact) mass is 948 g/mol. The van der Waals surface area contributed by atoms with Crippen LogP contribution in [-0.2, 0) is 28.4 Å². The first kappa shape index (κ1) is 55.6. The molecule has 0 saturated heterocycles. The second-order valence-electron chi connectivity index (χ2n) is 20.3. The van der Waals surface area contributed by atoms with Crippen LogP contribution in [0.1, 0.15) is 131 Å². The third-order valence-electron chi connectivity index (χ3n) is 15.2. The lowest BCUT2D eigenvalue weighted by atomic mass is 9.47. The van der Waals surface area contributed by atoms with Crippen LogP contribution in [0.15, 0.2) is 21.6 Å². The minimum atomic E-state index is -0.632. The summed E-state index contributed by atoms with van der Waals surface area (Å²) < 4.78 is 33.3. The van der Waals surface area contributed by atoms with Gasteiger partial charge >= 0.3 is 18.3 Å². The van der Waals surface area contributed by atoms with E-state index in [2.05, 4.69) is 66.6 Å². The highest BCUT2D eigenvalue weighted by Gasteiger charge is 2.59. The molecule has 384 valence electrons. The van der Waals surface area contributed by atoms with Crippen molar-refractivity contribution in [2.75, 3.05) is 79.0 Å². The number of amides is 2. The van der Waals surface area contributed by atoms with Crippen molar-refractivity contribution in [1.82, 2.24) is 16.0 Å². The molecule has 3 saturated carbocycles. The molecule has 4 rings (SSSR count). The molecule has 4 aliphatic rings. The van der Waals surface area contributed by atoms with Crippen LogP contribution in [0.5, 0.6) is 0 Å². The molecule has 0 aromatic carbocycles. The molecule has 2 amide bonds. The maximum Gasteiger partial charge on any atom is 0.508 e. The Labute approximate surface area is 401 Å². The molecule has 67 heavy (non-hydrogen) atoms. The second kappa shape index (κ2) is 29.1. The van der Waals surface area contributed by atoms with Gasteiger partial charge in [0.05, 0.1) is 39.6 Å². The lowest BCUT2D eigenvalue weighted by Crippen LogP contribution is -2.51. The minimum absolute atomic E-state index is 0.00136. The minimum Gasteiger partial charge on any atom is -0.450 e. The first-order valence-corrected chi connectivity index (χ1v) is 25.5. The summed E-state index contributed by atoms with van der Waals surface area (Å²) in [7, 11) is 0. The van der Waals surface area contributed by atoms with Crippen LogP contribution >= 0.6 is 0 Å². The Hall–Kier alpha value is -4.03. The van der Waals surface area contributed by atoms with Crippen molar-refractivity contribution in [2.45, 2.75) is 143 Å². The van der Waals surface area contributed by atoms with Gasteiger partial charge in [0, 0.05) is 45.2 Å². The van der Waals surface area contributed by atoms with Crippen molar-refractivity contribution in [1.29, 1.82) is 0 Å². The molecule has 0 spiro atoms. The molecule has 8 atom stereocenters. The van der Waals surface area contributed by atoms with Crippen LogP contribution in [-0.4, -0.2) is 121 Å². The third kappa shape index (κ3) is 18.8. The van der Waals surface area contributed by atoms with E-state index >= 15 is 0 Å². The van der Waals surface area contributed by atoms with E-state index in [1.807, 2.05) is 0 Å². The first-order valence-electron chi connectivity index (χ1n) is 25.5. The predicted molar refractivity (Wildman–Crippen MR) is 261 cm³/mol. The van der Waals surface area contributed by atoms with Crippen molar-refractivity contribution >= 4 is 30.3 Å². The lowest BCUT2D eigenvalue weighted by molar-refractivity contribution is -0.0627. The van der Waals surface area contributed by atoms with Crippen LogP contribution < -0.4 is 38.9 Å². The maximum absolute atomic E-state index is 12.7. The average molecular weight is 948 g/mol. The van der Waals surface area contributed by atoms with Crippen LogP contribution in [0, 0.1) is 46.3 Å². The van der Waals surface area contributed by atoms with E-state index in [1.54, 1.807) is 0 Å². The average Bonchev–Trinajstić information content (AvgIpc) is 3.63. The molecular weight excluding hydrogens is 859 g/mol. The Balaban J connectivity index is 1.08. The molecule has 18 nitrogen and oxygen atoms in total. The fraction of sp³-hybridized carbons (Fsp3) is 0.857. The number of nitrogens with zero attached hydrogens (tertiary/aromatic N) is 2. The number of rotatable bonds is 30. The van der Waals surface area contributed by atoms with E-state index in [-0.39, 0.29) is 55.9 Å². The zero-order valence-electron chi connectivity index (χ0n) is 41.7. The van der Waals surface area contributed by atoms with Crippen molar-refractivity contribution in [2.24, 2.45) is 79.3 Å². The Morgan fingerprint density at radius 3 is 1.96 bits per heavy atom. The summed E-state index contributed by atoms with van der Waals surface area (Å²) in [5, 5.41) is 8.70. The number of allylic oxidation sites excluding steroid dienone is 1. The van der Waals surface area contributed by atoms with Gasteiger partial charge in [-0.1, -0.05) is 65.5 Å². The second-order valence-corrected chi connectivity index (χ2v) is 20.3. The zero-order valence-corrected chi connectivity index (χ0v) is 41.7. The number of nitrogens with two attached hydrogens (primary N) is 4. The van der Waals surface area contributed by atoms with E-state index in [0.717, 1.165) is 54.8 Å². The van der Waals surface area contributed by atoms with E-state index in [4.69, 9.17) is 51.4 Å².